The van der Waals surface area contributed by atoms with Crippen molar-refractivity contribution in [1.29, 1.82) is 0 Å². The zero-order chi connectivity index (χ0) is 12.1. The highest BCUT2D eigenvalue weighted by Gasteiger charge is 2.10. The van der Waals surface area contributed by atoms with Crippen LogP contribution in [0.15, 0.2) is 22.7 Å². The van der Waals surface area contributed by atoms with Crippen molar-refractivity contribution in [2.75, 3.05) is 18.5 Å². The van der Waals surface area contributed by atoms with Gasteiger partial charge in [0.05, 0.1) is 5.56 Å². The van der Waals surface area contributed by atoms with Crippen LogP contribution >= 0.6 is 27.7 Å². The Hall–Kier alpha value is -0.680. The molecule has 1 rings (SSSR count). The summed E-state index contributed by atoms with van der Waals surface area (Å²) >= 11 is 5.03. The lowest BCUT2D eigenvalue weighted by Crippen LogP contribution is -2.29. The number of carbonyl (C=O) groups is 1. The maximum Gasteiger partial charge on any atom is 0.253 e. The van der Waals surface area contributed by atoms with Crippen LogP contribution in [-0.2, 0) is 0 Å². The molecule has 0 aliphatic rings. The van der Waals surface area contributed by atoms with Crippen molar-refractivity contribution >= 4 is 39.3 Å². The average Bonchev–Trinajstić information content (AvgIpc) is 2.28. The number of nitrogens with two attached hydrogens (primary N) is 1. The van der Waals surface area contributed by atoms with E-state index in [1.165, 1.54) is 0 Å². The number of hydrogen-bond acceptors (Lipinski definition) is 3. The molecule has 0 aliphatic carbocycles. The molecule has 0 fully saturated rings. The van der Waals surface area contributed by atoms with Crippen LogP contribution in [-0.4, -0.2) is 24.0 Å². The molecule has 88 valence electrons. The molecule has 0 saturated carbocycles. The molecule has 3 N–H and O–H groups in total. The standard InChI is InChI=1S/C11H15BrN2OS/c1-7(16-2)6-14-11(15)9-5-8(12)3-4-10(9)13/h3-5,7H,6,13H2,1-2H3,(H,14,15). The normalized spacial score (nSPS) is 12.2. The summed E-state index contributed by atoms with van der Waals surface area (Å²) in [6.07, 6.45) is 2.02. The van der Waals surface area contributed by atoms with Gasteiger partial charge in [-0.1, -0.05) is 22.9 Å². The number of benzene rings is 1. The van der Waals surface area contributed by atoms with Crippen LogP contribution in [0.2, 0.25) is 0 Å². The van der Waals surface area contributed by atoms with Crippen molar-refractivity contribution in [3.05, 3.63) is 28.2 Å². The van der Waals surface area contributed by atoms with E-state index in [4.69, 9.17) is 5.73 Å². The smallest absolute Gasteiger partial charge is 0.253 e. The topological polar surface area (TPSA) is 55.1 Å². The summed E-state index contributed by atoms with van der Waals surface area (Å²) in [6.45, 7) is 2.71. The predicted molar refractivity (Wildman–Crippen MR) is 73.9 cm³/mol. The van der Waals surface area contributed by atoms with Gasteiger partial charge in [-0.3, -0.25) is 4.79 Å². The summed E-state index contributed by atoms with van der Waals surface area (Å²) in [6, 6.07) is 5.27. The number of nitrogens with one attached hydrogen (secondary N) is 1. The van der Waals surface area contributed by atoms with E-state index in [1.807, 2.05) is 12.3 Å². The second kappa shape index (κ2) is 6.15. The number of thioether (sulfide) groups is 1. The van der Waals surface area contributed by atoms with Crippen molar-refractivity contribution in [1.82, 2.24) is 5.32 Å². The Morgan fingerprint density at radius 1 is 1.62 bits per heavy atom. The lowest BCUT2D eigenvalue weighted by atomic mass is 10.1. The molecule has 0 radical (unpaired) electrons. The molecule has 1 amide bonds. The first-order valence-corrected chi connectivity index (χ1v) is 6.98. The van der Waals surface area contributed by atoms with Crippen molar-refractivity contribution in [3.8, 4) is 0 Å². The van der Waals surface area contributed by atoms with E-state index in [0.29, 0.717) is 23.0 Å². The maximum atomic E-state index is 11.8. The molecule has 0 aliphatic heterocycles. The predicted octanol–water partition coefficient (Wildman–Crippen LogP) is 2.51. The van der Waals surface area contributed by atoms with Gasteiger partial charge in [0, 0.05) is 22.0 Å². The summed E-state index contributed by atoms with van der Waals surface area (Å²) in [5.74, 6) is -0.125. The zero-order valence-corrected chi connectivity index (χ0v) is 11.7. The van der Waals surface area contributed by atoms with E-state index in [9.17, 15) is 4.79 Å². The highest BCUT2D eigenvalue weighted by molar-refractivity contribution is 9.10. The Labute approximate surface area is 108 Å². The summed E-state index contributed by atoms with van der Waals surface area (Å²) in [4.78, 5) is 11.8. The largest absolute Gasteiger partial charge is 0.398 e. The van der Waals surface area contributed by atoms with Gasteiger partial charge in [0.2, 0.25) is 0 Å². The van der Waals surface area contributed by atoms with Crippen molar-refractivity contribution < 1.29 is 4.79 Å². The maximum absolute atomic E-state index is 11.8. The molecule has 1 aromatic rings. The van der Waals surface area contributed by atoms with E-state index in [1.54, 1.807) is 23.9 Å². The van der Waals surface area contributed by atoms with Crippen LogP contribution in [0.25, 0.3) is 0 Å². The molecule has 5 heteroatoms. The van der Waals surface area contributed by atoms with Crippen LogP contribution in [0, 0.1) is 0 Å². The Bertz CT molecular complexity index is 384. The molecule has 3 nitrogen and oxygen atoms in total. The van der Waals surface area contributed by atoms with E-state index < -0.39 is 0 Å². The number of anilines is 1. The van der Waals surface area contributed by atoms with Gasteiger partial charge in [-0.2, -0.15) is 11.8 Å². The molecule has 1 aromatic carbocycles. The number of rotatable bonds is 4. The molecule has 1 unspecified atom stereocenters. The molecule has 16 heavy (non-hydrogen) atoms. The third-order valence-corrected chi connectivity index (χ3v) is 3.68. The van der Waals surface area contributed by atoms with Gasteiger partial charge in [0.15, 0.2) is 0 Å². The number of nitrogen functional groups attached to an aromatic ring is 1. The van der Waals surface area contributed by atoms with Crippen LogP contribution in [0.4, 0.5) is 5.69 Å². The van der Waals surface area contributed by atoms with Gasteiger partial charge in [0.1, 0.15) is 0 Å². The van der Waals surface area contributed by atoms with E-state index >= 15 is 0 Å². The van der Waals surface area contributed by atoms with Gasteiger partial charge in [-0.25, -0.2) is 0 Å². The van der Waals surface area contributed by atoms with Gasteiger partial charge in [-0.05, 0) is 24.5 Å². The summed E-state index contributed by atoms with van der Waals surface area (Å²) in [5, 5.41) is 3.26. The third-order valence-electron chi connectivity index (χ3n) is 2.21. The van der Waals surface area contributed by atoms with Crippen LogP contribution < -0.4 is 11.1 Å². The minimum absolute atomic E-state index is 0.125. The number of halogens is 1. The number of amides is 1. The second-order valence-corrected chi connectivity index (χ2v) is 5.68. The minimum Gasteiger partial charge on any atom is -0.398 e. The quantitative estimate of drug-likeness (QED) is 0.840. The Kier molecular flexibility index (Phi) is 5.15. The fourth-order valence-electron chi connectivity index (χ4n) is 1.14. The molecule has 0 bridgehead atoms. The fourth-order valence-corrected chi connectivity index (χ4v) is 1.75. The van der Waals surface area contributed by atoms with Gasteiger partial charge in [-0.15, -0.1) is 0 Å². The van der Waals surface area contributed by atoms with Crippen LogP contribution in [0.1, 0.15) is 17.3 Å². The molecule has 0 saturated heterocycles. The molecule has 0 aromatic heterocycles. The number of hydrogen-bond donors (Lipinski definition) is 2. The number of carbonyl (C=O) groups excluding carboxylic acids is 1. The monoisotopic (exact) mass is 302 g/mol. The third kappa shape index (κ3) is 3.72. The summed E-state index contributed by atoms with van der Waals surface area (Å²) < 4.78 is 0.852. The highest BCUT2D eigenvalue weighted by atomic mass is 79.9. The van der Waals surface area contributed by atoms with Gasteiger partial charge >= 0.3 is 0 Å². The highest BCUT2D eigenvalue weighted by Crippen LogP contribution is 2.18. The summed E-state index contributed by atoms with van der Waals surface area (Å²) in [7, 11) is 0. The molecule has 0 spiro atoms. The van der Waals surface area contributed by atoms with Gasteiger partial charge < -0.3 is 11.1 Å². The van der Waals surface area contributed by atoms with E-state index in [0.717, 1.165) is 4.47 Å². The van der Waals surface area contributed by atoms with E-state index in [-0.39, 0.29) is 5.91 Å². The molecular weight excluding hydrogens is 288 g/mol. The van der Waals surface area contributed by atoms with Gasteiger partial charge in [0.25, 0.3) is 5.91 Å². The first kappa shape index (κ1) is 13.4. The van der Waals surface area contributed by atoms with Crippen molar-refractivity contribution in [3.63, 3.8) is 0 Å². The Morgan fingerprint density at radius 2 is 2.31 bits per heavy atom. The second-order valence-electron chi connectivity index (χ2n) is 3.49. The SMILES string of the molecule is CSC(C)CNC(=O)c1cc(Br)ccc1N. The van der Waals surface area contributed by atoms with E-state index in [2.05, 4.69) is 28.2 Å². The van der Waals surface area contributed by atoms with Crippen molar-refractivity contribution in [2.24, 2.45) is 0 Å². The lowest BCUT2D eigenvalue weighted by molar-refractivity contribution is 0.0955. The average molecular weight is 303 g/mol. The zero-order valence-electron chi connectivity index (χ0n) is 9.29. The lowest BCUT2D eigenvalue weighted by Gasteiger charge is -2.11. The Balaban J connectivity index is 2.69. The van der Waals surface area contributed by atoms with Crippen molar-refractivity contribution in [2.45, 2.75) is 12.2 Å². The van der Waals surface area contributed by atoms with Crippen LogP contribution in [0.5, 0.6) is 0 Å². The summed E-state index contributed by atoms with van der Waals surface area (Å²) in [5.41, 5.74) is 6.76. The first-order valence-electron chi connectivity index (χ1n) is 4.90. The molecule has 0 heterocycles. The Morgan fingerprint density at radius 3 is 2.94 bits per heavy atom. The molecule has 1 atom stereocenters. The minimum atomic E-state index is -0.125. The molecular formula is C11H15BrN2OS. The first-order chi connectivity index (χ1) is 7.54. The van der Waals surface area contributed by atoms with Crippen LogP contribution in [0.3, 0.4) is 0 Å². The fraction of sp³-hybridized carbons (Fsp3) is 0.364.